The summed E-state index contributed by atoms with van der Waals surface area (Å²) in [5.74, 6) is 0. The molecule has 1 heterocycles. The van der Waals surface area contributed by atoms with Gasteiger partial charge in [0.25, 0.3) is 0 Å². The first kappa shape index (κ1) is 10.9. The summed E-state index contributed by atoms with van der Waals surface area (Å²) in [6.07, 6.45) is 5.18. The third kappa shape index (κ3) is 3.30. The molecule has 0 aliphatic carbocycles. The van der Waals surface area contributed by atoms with Crippen LogP contribution in [-0.4, -0.2) is 11.6 Å². The normalized spacial score (nSPS) is 10.4. The van der Waals surface area contributed by atoms with Crippen molar-refractivity contribution in [1.82, 2.24) is 4.98 Å². The van der Waals surface area contributed by atoms with E-state index in [9.17, 15) is 5.21 Å². The second-order valence-electron chi connectivity index (χ2n) is 3.25. The maximum Gasteiger partial charge on any atom is 0.207 e. The van der Waals surface area contributed by atoms with Crippen LogP contribution in [0.5, 0.6) is 0 Å². The third-order valence-corrected chi connectivity index (χ3v) is 1.92. The Morgan fingerprint density at radius 1 is 1.57 bits per heavy atom. The topological polar surface area (TPSA) is 49.1 Å². The van der Waals surface area contributed by atoms with Gasteiger partial charge >= 0.3 is 0 Å². The minimum absolute atomic E-state index is 0.419. The number of aromatic nitrogens is 2. The van der Waals surface area contributed by atoms with E-state index >= 15 is 0 Å². The van der Waals surface area contributed by atoms with Crippen LogP contribution in [0.2, 0.25) is 0 Å². The van der Waals surface area contributed by atoms with E-state index in [0.29, 0.717) is 18.0 Å². The van der Waals surface area contributed by atoms with Crippen molar-refractivity contribution in [2.45, 2.75) is 33.3 Å². The quantitative estimate of drug-likeness (QED) is 0.405. The van der Waals surface area contributed by atoms with Crippen LogP contribution in [0, 0.1) is 12.1 Å². The first-order valence-corrected chi connectivity index (χ1v) is 4.86. The van der Waals surface area contributed by atoms with Crippen LogP contribution in [0.15, 0.2) is 12.4 Å². The van der Waals surface area contributed by atoms with Crippen molar-refractivity contribution < 1.29 is 9.47 Å². The number of hydrogen-bond donors (Lipinski definition) is 0. The van der Waals surface area contributed by atoms with E-state index in [2.05, 4.69) is 11.9 Å². The van der Waals surface area contributed by atoms with Gasteiger partial charge in [0.05, 0.1) is 12.8 Å². The van der Waals surface area contributed by atoms with E-state index in [1.165, 1.54) is 6.20 Å². The van der Waals surface area contributed by atoms with Crippen molar-refractivity contribution in [3.8, 4) is 0 Å². The Bertz CT molecular complexity index is 289. The van der Waals surface area contributed by atoms with Crippen LogP contribution < -0.4 is 4.73 Å². The van der Waals surface area contributed by atoms with Crippen molar-refractivity contribution in [2.75, 3.05) is 6.61 Å². The first-order chi connectivity index (χ1) is 6.74. The summed E-state index contributed by atoms with van der Waals surface area (Å²) in [5.41, 5.74) is 1.28. The smallest absolute Gasteiger partial charge is 0.207 e. The van der Waals surface area contributed by atoms with Gasteiger partial charge in [0.2, 0.25) is 11.9 Å². The van der Waals surface area contributed by atoms with E-state index < -0.39 is 0 Å². The molecule has 0 saturated heterocycles. The largest absolute Gasteiger partial charge is 0.618 e. The lowest BCUT2D eigenvalue weighted by molar-refractivity contribution is -0.613. The highest BCUT2D eigenvalue weighted by atomic mass is 16.5. The van der Waals surface area contributed by atoms with E-state index in [1.807, 2.05) is 0 Å². The zero-order valence-corrected chi connectivity index (χ0v) is 8.69. The van der Waals surface area contributed by atoms with Gasteiger partial charge in [0.15, 0.2) is 0 Å². The molecule has 0 aromatic carbocycles. The molecule has 1 rings (SSSR count). The molecule has 1 aromatic heterocycles. The van der Waals surface area contributed by atoms with Crippen LogP contribution in [0.1, 0.15) is 31.2 Å². The molecule has 1 aromatic rings. The Balaban J connectivity index is 2.39. The lowest BCUT2D eigenvalue weighted by Gasteiger charge is -2.03. The average Bonchev–Trinajstić information content (AvgIpc) is 2.18. The van der Waals surface area contributed by atoms with E-state index in [-0.39, 0.29) is 0 Å². The summed E-state index contributed by atoms with van der Waals surface area (Å²) >= 11 is 0. The van der Waals surface area contributed by atoms with Crippen molar-refractivity contribution in [3.05, 3.63) is 29.0 Å². The van der Waals surface area contributed by atoms with Gasteiger partial charge in [-0.3, -0.25) is 0 Å². The van der Waals surface area contributed by atoms with Crippen molar-refractivity contribution in [3.63, 3.8) is 0 Å². The maximum atomic E-state index is 11.1. The van der Waals surface area contributed by atoms with Gasteiger partial charge in [-0.2, -0.15) is 4.73 Å². The fourth-order valence-electron chi connectivity index (χ4n) is 1.00. The minimum Gasteiger partial charge on any atom is -0.618 e. The van der Waals surface area contributed by atoms with Gasteiger partial charge in [-0.1, -0.05) is 13.3 Å². The molecule has 0 unspecified atom stereocenters. The molecule has 14 heavy (non-hydrogen) atoms. The molecule has 0 saturated carbocycles. The van der Waals surface area contributed by atoms with Crippen LogP contribution in [-0.2, 0) is 11.3 Å². The van der Waals surface area contributed by atoms with Crippen LogP contribution in [0.3, 0.4) is 0 Å². The minimum atomic E-state index is 0.419. The van der Waals surface area contributed by atoms with Crippen LogP contribution >= 0.6 is 0 Å². The Morgan fingerprint density at radius 3 is 3.00 bits per heavy atom. The predicted octanol–water partition coefficient (Wildman–Crippen LogP) is 1.34. The average molecular weight is 196 g/mol. The van der Waals surface area contributed by atoms with E-state index in [4.69, 9.17) is 4.74 Å². The summed E-state index contributed by atoms with van der Waals surface area (Å²) in [5, 5.41) is 11.1. The number of ether oxygens (including phenoxy) is 1. The number of rotatable bonds is 5. The van der Waals surface area contributed by atoms with Gasteiger partial charge in [-0.05, 0) is 6.42 Å². The van der Waals surface area contributed by atoms with Crippen molar-refractivity contribution in [1.29, 1.82) is 0 Å². The van der Waals surface area contributed by atoms with Gasteiger partial charge in [-0.25, -0.2) is 4.98 Å². The standard InChI is InChI=1S/C10H16N2O2/c1-3-4-5-14-8-10-7-12(13)9(2)6-11-10/h6-7H,3-5,8H2,1-2H3. The number of hydrogen-bond acceptors (Lipinski definition) is 3. The summed E-state index contributed by atoms with van der Waals surface area (Å²) in [4.78, 5) is 4.09. The number of aryl methyl sites for hydroxylation is 1. The monoisotopic (exact) mass is 196 g/mol. The predicted molar refractivity (Wildman–Crippen MR) is 52.5 cm³/mol. The Kier molecular flexibility index (Phi) is 4.32. The molecule has 0 spiro atoms. The highest BCUT2D eigenvalue weighted by molar-refractivity contribution is 4.93. The number of unbranched alkanes of at least 4 members (excludes halogenated alkanes) is 1. The Labute approximate surface area is 84.1 Å². The van der Waals surface area contributed by atoms with Crippen molar-refractivity contribution >= 4 is 0 Å². The molecule has 0 fully saturated rings. The summed E-state index contributed by atoms with van der Waals surface area (Å²) < 4.78 is 6.15. The lowest BCUT2D eigenvalue weighted by atomic mass is 10.4. The number of nitrogens with zero attached hydrogens (tertiary/aromatic N) is 2. The molecule has 0 aliphatic rings. The molecule has 4 nitrogen and oxygen atoms in total. The van der Waals surface area contributed by atoms with Gasteiger partial charge < -0.3 is 9.94 Å². The Morgan fingerprint density at radius 2 is 2.36 bits per heavy atom. The molecule has 0 radical (unpaired) electrons. The summed E-state index contributed by atoms with van der Waals surface area (Å²) in [7, 11) is 0. The SMILES string of the molecule is CCCCOCc1c[n+]([O-])c(C)cn1. The zero-order valence-electron chi connectivity index (χ0n) is 8.69. The molecule has 78 valence electrons. The molecular formula is C10H16N2O2. The molecule has 0 bridgehead atoms. The van der Waals surface area contributed by atoms with E-state index in [1.54, 1.807) is 13.1 Å². The Hall–Kier alpha value is -1.16. The second kappa shape index (κ2) is 5.54. The molecule has 0 amide bonds. The fourth-order valence-corrected chi connectivity index (χ4v) is 1.00. The second-order valence-corrected chi connectivity index (χ2v) is 3.25. The van der Waals surface area contributed by atoms with Crippen molar-refractivity contribution in [2.24, 2.45) is 0 Å². The maximum absolute atomic E-state index is 11.1. The summed E-state index contributed by atoms with van der Waals surface area (Å²) in [6.45, 7) is 4.98. The molecular weight excluding hydrogens is 180 g/mol. The first-order valence-electron chi connectivity index (χ1n) is 4.86. The van der Waals surface area contributed by atoms with E-state index in [0.717, 1.165) is 24.2 Å². The molecule has 0 N–H and O–H groups in total. The van der Waals surface area contributed by atoms with Crippen LogP contribution in [0.4, 0.5) is 0 Å². The van der Waals surface area contributed by atoms with Gasteiger partial charge in [-0.15, -0.1) is 0 Å². The molecule has 4 heteroatoms. The summed E-state index contributed by atoms with van der Waals surface area (Å²) in [6, 6.07) is 0. The molecule has 0 aliphatic heterocycles. The third-order valence-electron chi connectivity index (χ3n) is 1.92. The zero-order chi connectivity index (χ0) is 10.4. The van der Waals surface area contributed by atoms with Gasteiger partial charge in [0.1, 0.15) is 5.69 Å². The lowest BCUT2D eigenvalue weighted by Crippen LogP contribution is -2.30. The molecule has 0 atom stereocenters. The fraction of sp³-hybridized carbons (Fsp3) is 0.600. The van der Waals surface area contributed by atoms with Crippen LogP contribution in [0.25, 0.3) is 0 Å². The highest BCUT2D eigenvalue weighted by Gasteiger charge is 2.02. The van der Waals surface area contributed by atoms with Gasteiger partial charge in [0, 0.05) is 13.5 Å². The highest BCUT2D eigenvalue weighted by Crippen LogP contribution is 1.96.